The van der Waals surface area contributed by atoms with Crippen molar-refractivity contribution in [1.29, 1.82) is 0 Å². The fraction of sp³-hybridized carbons (Fsp3) is 0.700. The van der Waals surface area contributed by atoms with Gasteiger partial charge in [0.15, 0.2) is 0 Å². The van der Waals surface area contributed by atoms with Crippen molar-refractivity contribution < 1.29 is 19.4 Å². The lowest BCUT2D eigenvalue weighted by Crippen LogP contribution is -2.05. The van der Waals surface area contributed by atoms with Gasteiger partial charge in [-0.25, -0.2) is 4.79 Å². The predicted molar refractivity (Wildman–Crippen MR) is 53.3 cm³/mol. The topological polar surface area (TPSA) is 55.8 Å². The summed E-state index contributed by atoms with van der Waals surface area (Å²) in [5.74, 6) is -0.951. The lowest BCUT2D eigenvalue weighted by molar-refractivity contribution is -0.131. The van der Waals surface area contributed by atoms with E-state index < -0.39 is 5.97 Å². The second-order valence-electron chi connectivity index (χ2n) is 2.78. The number of hydrogen-bond donors (Lipinski definition) is 1. The zero-order chi connectivity index (χ0) is 10.6. The molecule has 0 rings (SSSR count). The van der Waals surface area contributed by atoms with Gasteiger partial charge in [-0.1, -0.05) is 19.4 Å². The Balaban J connectivity index is 3.02. The Kier molecular flexibility index (Phi) is 9.58. The van der Waals surface area contributed by atoms with Crippen LogP contribution in [0.5, 0.6) is 0 Å². The summed E-state index contributed by atoms with van der Waals surface area (Å²) >= 11 is 0. The highest BCUT2D eigenvalue weighted by Crippen LogP contribution is 1.87. The molecule has 0 bridgehead atoms. The van der Waals surface area contributed by atoms with Gasteiger partial charge in [-0.15, -0.1) is 0 Å². The molecule has 0 aliphatic carbocycles. The van der Waals surface area contributed by atoms with Gasteiger partial charge in [0.05, 0.1) is 19.8 Å². The number of rotatable bonds is 9. The summed E-state index contributed by atoms with van der Waals surface area (Å²) in [5, 5.41) is 8.25. The minimum Gasteiger partial charge on any atom is -0.478 e. The number of carboxylic acid groups (broad SMARTS) is 1. The van der Waals surface area contributed by atoms with Crippen LogP contribution in [0.4, 0.5) is 0 Å². The molecular weight excluding hydrogens is 184 g/mol. The second kappa shape index (κ2) is 10.2. The van der Waals surface area contributed by atoms with Crippen LogP contribution < -0.4 is 0 Å². The molecule has 0 aromatic rings. The molecule has 0 saturated carbocycles. The van der Waals surface area contributed by atoms with E-state index >= 15 is 0 Å². The first-order valence-corrected chi connectivity index (χ1v) is 4.82. The van der Waals surface area contributed by atoms with Crippen LogP contribution in [-0.4, -0.2) is 37.5 Å². The average Bonchev–Trinajstić information content (AvgIpc) is 2.15. The van der Waals surface area contributed by atoms with Gasteiger partial charge < -0.3 is 14.6 Å². The normalized spacial score (nSPS) is 10.9. The fourth-order valence-electron chi connectivity index (χ4n) is 0.767. The van der Waals surface area contributed by atoms with Crippen molar-refractivity contribution in [2.45, 2.75) is 19.8 Å². The van der Waals surface area contributed by atoms with E-state index in [0.29, 0.717) is 19.8 Å². The van der Waals surface area contributed by atoms with Gasteiger partial charge in [-0.3, -0.25) is 0 Å². The number of carboxylic acids is 1. The fourth-order valence-corrected chi connectivity index (χ4v) is 0.767. The quantitative estimate of drug-likeness (QED) is 0.454. The van der Waals surface area contributed by atoms with Crippen molar-refractivity contribution in [2.75, 3.05) is 26.4 Å². The van der Waals surface area contributed by atoms with E-state index in [2.05, 4.69) is 6.92 Å². The Morgan fingerprint density at radius 2 is 2.00 bits per heavy atom. The molecule has 0 heterocycles. The van der Waals surface area contributed by atoms with E-state index in [-0.39, 0.29) is 0 Å². The number of carbonyl (C=O) groups is 1. The van der Waals surface area contributed by atoms with Gasteiger partial charge in [0, 0.05) is 12.7 Å². The molecule has 4 heteroatoms. The third-order valence-corrected chi connectivity index (χ3v) is 1.49. The van der Waals surface area contributed by atoms with Crippen molar-refractivity contribution in [3.05, 3.63) is 12.2 Å². The van der Waals surface area contributed by atoms with E-state index in [9.17, 15) is 4.79 Å². The molecule has 0 amide bonds. The molecule has 0 spiro atoms. The van der Waals surface area contributed by atoms with Gasteiger partial charge in [0.1, 0.15) is 0 Å². The lowest BCUT2D eigenvalue weighted by Gasteiger charge is -2.02. The van der Waals surface area contributed by atoms with E-state index in [0.717, 1.165) is 25.5 Å². The maximum Gasteiger partial charge on any atom is 0.328 e. The van der Waals surface area contributed by atoms with Crippen LogP contribution in [0.25, 0.3) is 0 Å². The van der Waals surface area contributed by atoms with E-state index in [1.165, 1.54) is 6.08 Å². The summed E-state index contributed by atoms with van der Waals surface area (Å²) in [4.78, 5) is 10.0. The Morgan fingerprint density at radius 3 is 2.64 bits per heavy atom. The average molecular weight is 202 g/mol. The van der Waals surface area contributed by atoms with Crippen LogP contribution in [0, 0.1) is 0 Å². The summed E-state index contributed by atoms with van der Waals surface area (Å²) in [6.45, 7) is 4.28. The van der Waals surface area contributed by atoms with Crippen LogP contribution >= 0.6 is 0 Å². The Hall–Kier alpha value is -0.870. The number of hydrogen-bond acceptors (Lipinski definition) is 3. The van der Waals surface area contributed by atoms with Crippen LogP contribution in [0.3, 0.4) is 0 Å². The molecule has 0 aromatic carbocycles. The minimum atomic E-state index is -0.951. The van der Waals surface area contributed by atoms with E-state index in [1.54, 1.807) is 0 Å². The molecule has 82 valence electrons. The molecule has 14 heavy (non-hydrogen) atoms. The third kappa shape index (κ3) is 11.1. The first-order valence-electron chi connectivity index (χ1n) is 4.82. The molecule has 1 N–H and O–H groups in total. The van der Waals surface area contributed by atoms with Gasteiger partial charge in [0.2, 0.25) is 0 Å². The Labute approximate surface area is 84.5 Å². The van der Waals surface area contributed by atoms with Crippen LogP contribution in [0.2, 0.25) is 0 Å². The smallest absolute Gasteiger partial charge is 0.328 e. The molecule has 0 radical (unpaired) electrons. The molecule has 0 unspecified atom stereocenters. The number of aliphatic carboxylic acids is 1. The maximum atomic E-state index is 10.0. The first kappa shape index (κ1) is 13.1. The van der Waals surface area contributed by atoms with Gasteiger partial charge >= 0.3 is 5.97 Å². The van der Waals surface area contributed by atoms with Crippen LogP contribution in [0.15, 0.2) is 12.2 Å². The minimum absolute atomic E-state index is 0.323. The Bertz CT molecular complexity index is 166. The van der Waals surface area contributed by atoms with Crippen LogP contribution in [-0.2, 0) is 14.3 Å². The molecule has 0 aliphatic rings. The monoisotopic (exact) mass is 202 g/mol. The summed E-state index contributed by atoms with van der Waals surface area (Å²) in [5.41, 5.74) is 0. The van der Waals surface area contributed by atoms with Crippen molar-refractivity contribution in [3.8, 4) is 0 Å². The highest BCUT2D eigenvalue weighted by atomic mass is 16.5. The van der Waals surface area contributed by atoms with E-state index in [4.69, 9.17) is 14.6 Å². The lowest BCUT2D eigenvalue weighted by atomic mass is 10.4. The SMILES string of the molecule is CCCCOCCOC/C=C/C(=O)O. The van der Waals surface area contributed by atoms with Gasteiger partial charge in [-0.2, -0.15) is 0 Å². The summed E-state index contributed by atoms with van der Waals surface area (Å²) in [6, 6.07) is 0. The summed E-state index contributed by atoms with van der Waals surface area (Å²) in [6.07, 6.45) is 4.73. The Morgan fingerprint density at radius 1 is 1.29 bits per heavy atom. The van der Waals surface area contributed by atoms with Crippen molar-refractivity contribution in [2.24, 2.45) is 0 Å². The number of ether oxygens (including phenoxy) is 2. The van der Waals surface area contributed by atoms with E-state index in [1.807, 2.05) is 0 Å². The zero-order valence-corrected chi connectivity index (χ0v) is 8.57. The third-order valence-electron chi connectivity index (χ3n) is 1.49. The van der Waals surface area contributed by atoms with Crippen molar-refractivity contribution >= 4 is 5.97 Å². The highest BCUT2D eigenvalue weighted by Gasteiger charge is 1.88. The molecular formula is C10H18O4. The molecule has 0 atom stereocenters. The molecule has 0 saturated heterocycles. The standard InChI is InChI=1S/C10H18O4/c1-2-3-6-13-8-9-14-7-4-5-10(11)12/h4-5H,2-3,6-9H2,1H3,(H,11,12)/b5-4+. The molecule has 0 aromatic heterocycles. The maximum absolute atomic E-state index is 10.0. The summed E-state index contributed by atoms with van der Waals surface area (Å²) < 4.78 is 10.3. The first-order chi connectivity index (χ1) is 6.77. The predicted octanol–water partition coefficient (Wildman–Crippen LogP) is 1.46. The second-order valence-corrected chi connectivity index (χ2v) is 2.78. The van der Waals surface area contributed by atoms with Gasteiger partial charge in [0.25, 0.3) is 0 Å². The molecule has 0 fully saturated rings. The van der Waals surface area contributed by atoms with Crippen LogP contribution in [0.1, 0.15) is 19.8 Å². The highest BCUT2D eigenvalue weighted by molar-refractivity contribution is 5.79. The van der Waals surface area contributed by atoms with Crippen molar-refractivity contribution in [3.63, 3.8) is 0 Å². The molecule has 0 aliphatic heterocycles. The van der Waals surface area contributed by atoms with Crippen molar-refractivity contribution in [1.82, 2.24) is 0 Å². The summed E-state index contributed by atoms with van der Waals surface area (Å²) in [7, 11) is 0. The molecule has 4 nitrogen and oxygen atoms in total. The largest absolute Gasteiger partial charge is 0.478 e. The number of unbranched alkanes of at least 4 members (excludes halogenated alkanes) is 1. The van der Waals surface area contributed by atoms with Gasteiger partial charge in [-0.05, 0) is 6.42 Å². The zero-order valence-electron chi connectivity index (χ0n) is 8.57.